The van der Waals surface area contributed by atoms with Gasteiger partial charge in [0.25, 0.3) is 0 Å². The van der Waals surface area contributed by atoms with E-state index in [2.05, 4.69) is 21.3 Å². The average Bonchev–Trinajstić information content (AvgIpc) is 3.63. The zero-order chi connectivity index (χ0) is 34.6. The molecule has 3 fully saturated rings. The normalized spacial score (nSPS) is 28.1. The molecule has 0 bridgehead atoms. The van der Waals surface area contributed by atoms with E-state index in [1.807, 2.05) is 11.8 Å². The number of unbranched alkanes of at least 4 members (excludes halogenated alkanes) is 1. The van der Waals surface area contributed by atoms with Crippen LogP contribution in [0.25, 0.3) is 0 Å². The Labute approximate surface area is 285 Å². The number of ether oxygens (including phenoxy) is 6. The number of amides is 4. The molecule has 0 spiro atoms. The lowest BCUT2D eigenvalue weighted by Gasteiger charge is -2.39. The van der Waals surface area contributed by atoms with E-state index in [9.17, 15) is 34.8 Å². The second-order valence-corrected chi connectivity index (χ2v) is 13.0. The summed E-state index contributed by atoms with van der Waals surface area (Å²) in [5.41, 5.74) is 0. The predicted molar refractivity (Wildman–Crippen MR) is 172 cm³/mol. The number of fused-ring (bicyclic) bond motifs is 1. The van der Waals surface area contributed by atoms with Gasteiger partial charge in [0, 0.05) is 36.9 Å². The number of urea groups is 1. The van der Waals surface area contributed by atoms with Crippen molar-refractivity contribution in [1.29, 1.82) is 0 Å². The Bertz CT molecular complexity index is 939. The van der Waals surface area contributed by atoms with Crippen LogP contribution in [0.3, 0.4) is 0 Å². The fourth-order valence-electron chi connectivity index (χ4n) is 5.34. The lowest BCUT2D eigenvalue weighted by molar-refractivity contribution is -0.301. The number of carbonyl (C=O) groups excluding carboxylic acids is 3. The van der Waals surface area contributed by atoms with E-state index >= 15 is 0 Å². The summed E-state index contributed by atoms with van der Waals surface area (Å²) in [6, 6.07) is 0.362. The van der Waals surface area contributed by atoms with Crippen LogP contribution in [0.4, 0.5) is 4.79 Å². The van der Waals surface area contributed by atoms with Crippen molar-refractivity contribution in [3.63, 3.8) is 0 Å². The van der Waals surface area contributed by atoms with E-state index in [1.165, 1.54) is 0 Å². The number of hydrogen-bond donors (Lipinski definition) is 8. The number of carbonyl (C=O) groups is 3. The van der Waals surface area contributed by atoms with Crippen molar-refractivity contribution in [2.45, 2.75) is 86.6 Å². The smallest absolute Gasteiger partial charge is 0.315 e. The molecular formula is C30H54N4O13S. The summed E-state index contributed by atoms with van der Waals surface area (Å²) < 4.78 is 32.4. The van der Waals surface area contributed by atoms with Gasteiger partial charge < -0.3 is 70.1 Å². The number of thioether (sulfide) groups is 1. The molecule has 3 aliphatic heterocycles. The van der Waals surface area contributed by atoms with Crippen molar-refractivity contribution >= 4 is 29.6 Å². The molecule has 4 amide bonds. The molecule has 0 aromatic heterocycles. The molecule has 0 aromatic rings. The number of nitrogens with one attached hydrogen (secondary N) is 4. The molecule has 8 atom stereocenters. The molecule has 0 aliphatic carbocycles. The van der Waals surface area contributed by atoms with Crippen LogP contribution in [0, 0.1) is 0 Å². The van der Waals surface area contributed by atoms with Crippen LogP contribution in [-0.4, -0.2) is 171 Å². The van der Waals surface area contributed by atoms with Gasteiger partial charge >= 0.3 is 6.03 Å². The van der Waals surface area contributed by atoms with Crippen molar-refractivity contribution in [3.05, 3.63) is 0 Å². The summed E-state index contributed by atoms with van der Waals surface area (Å²) in [5.74, 6) is 0.771. The highest BCUT2D eigenvalue weighted by molar-refractivity contribution is 8.00. The summed E-state index contributed by atoms with van der Waals surface area (Å²) in [6.07, 6.45) is -2.76. The van der Waals surface area contributed by atoms with Gasteiger partial charge in [-0.2, -0.15) is 11.8 Å². The lowest BCUT2D eigenvalue weighted by atomic mass is 9.99. The van der Waals surface area contributed by atoms with E-state index in [0.717, 1.165) is 25.0 Å². The van der Waals surface area contributed by atoms with Crippen LogP contribution in [-0.2, 0) is 38.0 Å². The molecule has 3 rings (SSSR count). The van der Waals surface area contributed by atoms with Gasteiger partial charge in [-0.25, -0.2) is 4.79 Å². The van der Waals surface area contributed by atoms with Crippen molar-refractivity contribution in [2.75, 3.05) is 84.9 Å². The minimum absolute atomic E-state index is 0.0169. The highest BCUT2D eigenvalue weighted by Crippen LogP contribution is 2.33. The van der Waals surface area contributed by atoms with Gasteiger partial charge in [-0.05, 0) is 19.3 Å². The van der Waals surface area contributed by atoms with Crippen molar-refractivity contribution in [3.8, 4) is 0 Å². The number of hydrogen-bond acceptors (Lipinski definition) is 14. The highest BCUT2D eigenvalue weighted by atomic mass is 32.2. The maximum atomic E-state index is 12.0. The molecule has 0 aromatic carbocycles. The largest absolute Gasteiger partial charge is 0.394 e. The molecule has 3 saturated heterocycles. The van der Waals surface area contributed by atoms with E-state index in [0.29, 0.717) is 77.4 Å². The summed E-state index contributed by atoms with van der Waals surface area (Å²) in [6.45, 7) is 3.37. The minimum atomic E-state index is -1.50. The van der Waals surface area contributed by atoms with E-state index < -0.39 is 37.3 Å². The van der Waals surface area contributed by atoms with Crippen LogP contribution in [0.1, 0.15) is 38.5 Å². The first-order valence-corrected chi connectivity index (χ1v) is 17.8. The summed E-state index contributed by atoms with van der Waals surface area (Å²) in [4.78, 5) is 35.4. The van der Waals surface area contributed by atoms with Gasteiger partial charge in [0.15, 0.2) is 6.29 Å². The first-order valence-electron chi connectivity index (χ1n) is 16.7. The fourth-order valence-corrected chi connectivity index (χ4v) is 6.89. The molecule has 0 radical (unpaired) electrons. The molecule has 18 heteroatoms. The topological polar surface area (TPSA) is 236 Å². The number of rotatable bonds is 26. The first kappa shape index (κ1) is 40.6. The van der Waals surface area contributed by atoms with Crippen molar-refractivity contribution < 1.29 is 63.2 Å². The SMILES string of the molecule is O=C(CCCC[C@@H]1SC[C@@H]2NC(=O)N[C@@H]21)NCCOCCOCCOCCOCCC(=O)NCCCO[C@@H]1OC(CO)[C@H](O)C(O)C1O. The van der Waals surface area contributed by atoms with Gasteiger partial charge in [-0.3, -0.25) is 9.59 Å². The Hall–Kier alpha value is -1.84. The monoisotopic (exact) mass is 710 g/mol. The first-order chi connectivity index (χ1) is 23.3. The van der Waals surface area contributed by atoms with Gasteiger partial charge in [0.05, 0.1) is 78.2 Å². The van der Waals surface area contributed by atoms with Crippen molar-refractivity contribution in [1.82, 2.24) is 21.3 Å². The van der Waals surface area contributed by atoms with Crippen LogP contribution >= 0.6 is 11.8 Å². The Balaban J connectivity index is 0.996. The van der Waals surface area contributed by atoms with Crippen LogP contribution < -0.4 is 21.3 Å². The third kappa shape index (κ3) is 15.0. The Morgan fingerprint density at radius 1 is 0.771 bits per heavy atom. The van der Waals surface area contributed by atoms with E-state index in [-0.39, 0.29) is 49.6 Å². The van der Waals surface area contributed by atoms with E-state index in [1.54, 1.807) is 0 Å². The number of aliphatic hydroxyl groups excluding tert-OH is 4. The molecule has 0 saturated carbocycles. The van der Waals surface area contributed by atoms with Gasteiger partial charge in [0.2, 0.25) is 11.8 Å². The minimum Gasteiger partial charge on any atom is -0.394 e. The molecule has 48 heavy (non-hydrogen) atoms. The zero-order valence-electron chi connectivity index (χ0n) is 27.4. The summed E-state index contributed by atoms with van der Waals surface area (Å²) >= 11 is 1.89. The Kier molecular flexibility index (Phi) is 19.9. The standard InChI is InChI=1S/C30H54N4O13S/c35-18-21-26(38)27(39)28(40)29(47-21)46-9-3-7-31-24(37)6-10-42-12-14-44-16-17-45-15-13-43-11-8-32-23(36)5-2-1-4-22-25-20(19-48-22)33-30(41)34-25/h20-22,25-29,35,38-40H,1-19H2,(H,31,37)(H,32,36)(H2,33,34,41)/t20-,21?,22-,25-,26-,27?,28?,29+/m0/s1. The maximum absolute atomic E-state index is 12.0. The summed E-state index contributed by atoms with van der Waals surface area (Å²) in [5, 5.41) is 50.6. The fraction of sp³-hybridized carbons (Fsp3) is 0.900. The lowest BCUT2D eigenvalue weighted by Crippen LogP contribution is -2.59. The summed E-state index contributed by atoms with van der Waals surface area (Å²) in [7, 11) is 0. The maximum Gasteiger partial charge on any atom is 0.315 e. The third-order valence-electron chi connectivity index (χ3n) is 8.01. The zero-order valence-corrected chi connectivity index (χ0v) is 28.2. The average molecular weight is 711 g/mol. The molecule has 3 heterocycles. The van der Waals surface area contributed by atoms with Crippen LogP contribution in [0.2, 0.25) is 0 Å². The number of aliphatic hydroxyl groups is 4. The molecule has 8 N–H and O–H groups in total. The Morgan fingerprint density at radius 2 is 1.42 bits per heavy atom. The third-order valence-corrected chi connectivity index (χ3v) is 9.52. The van der Waals surface area contributed by atoms with E-state index in [4.69, 9.17) is 28.4 Å². The molecule has 17 nitrogen and oxygen atoms in total. The van der Waals surface area contributed by atoms with Crippen LogP contribution in [0.15, 0.2) is 0 Å². The molecule has 278 valence electrons. The Morgan fingerprint density at radius 3 is 2.12 bits per heavy atom. The van der Waals surface area contributed by atoms with Crippen molar-refractivity contribution in [2.24, 2.45) is 0 Å². The molecule has 3 aliphatic rings. The van der Waals surface area contributed by atoms with Gasteiger partial charge in [-0.1, -0.05) is 6.42 Å². The van der Waals surface area contributed by atoms with Gasteiger partial charge in [0.1, 0.15) is 24.4 Å². The van der Waals surface area contributed by atoms with Gasteiger partial charge in [-0.15, -0.1) is 0 Å². The molecule has 3 unspecified atom stereocenters. The highest BCUT2D eigenvalue weighted by Gasteiger charge is 2.44. The molecular weight excluding hydrogens is 656 g/mol. The quantitative estimate of drug-likeness (QED) is 0.0346. The second kappa shape index (κ2) is 23.5. The predicted octanol–water partition coefficient (Wildman–Crippen LogP) is -2.39. The second-order valence-electron chi connectivity index (χ2n) is 11.7. The van der Waals surface area contributed by atoms with Crippen LogP contribution in [0.5, 0.6) is 0 Å².